The van der Waals surface area contributed by atoms with Gasteiger partial charge in [0.25, 0.3) is 0 Å². The highest BCUT2D eigenvalue weighted by molar-refractivity contribution is 5.75. The van der Waals surface area contributed by atoms with E-state index in [2.05, 4.69) is 25.7 Å². The van der Waals surface area contributed by atoms with E-state index in [4.69, 9.17) is 10.5 Å². The van der Waals surface area contributed by atoms with E-state index in [9.17, 15) is 4.79 Å². The zero-order valence-electron chi connectivity index (χ0n) is 15.4. The molecule has 0 aromatic carbocycles. The molecule has 0 aromatic heterocycles. The van der Waals surface area contributed by atoms with E-state index in [1.54, 1.807) is 0 Å². The van der Waals surface area contributed by atoms with E-state index in [-0.39, 0.29) is 28.3 Å². The largest absolute Gasteiger partial charge is 0.466 e. The van der Waals surface area contributed by atoms with Gasteiger partial charge in [-0.15, -0.1) is 0 Å². The van der Waals surface area contributed by atoms with Crippen molar-refractivity contribution in [2.45, 2.75) is 65.3 Å². The number of rotatable bonds is 5. The molecule has 0 aromatic rings. The molecule has 4 atom stereocenters. The summed E-state index contributed by atoms with van der Waals surface area (Å²) in [5, 5.41) is 0. The van der Waals surface area contributed by atoms with Crippen molar-refractivity contribution in [2.75, 3.05) is 26.2 Å². The van der Waals surface area contributed by atoms with Gasteiger partial charge in [-0.25, -0.2) is 0 Å². The molecule has 0 radical (unpaired) electrons. The number of carbonyl (C=O) groups is 1. The van der Waals surface area contributed by atoms with Crippen molar-refractivity contribution in [1.82, 2.24) is 4.90 Å². The molecule has 1 heterocycles. The molecule has 0 amide bonds. The zero-order chi connectivity index (χ0) is 16.9. The molecule has 2 aliphatic carbocycles. The van der Waals surface area contributed by atoms with Crippen LogP contribution in [0, 0.1) is 22.7 Å². The first-order valence-corrected chi connectivity index (χ1v) is 9.47. The van der Waals surface area contributed by atoms with Crippen LogP contribution in [0.1, 0.15) is 59.8 Å². The van der Waals surface area contributed by atoms with Crippen molar-refractivity contribution in [3.63, 3.8) is 0 Å². The summed E-state index contributed by atoms with van der Waals surface area (Å²) in [5.41, 5.74) is 6.46. The summed E-state index contributed by atoms with van der Waals surface area (Å²) in [7, 11) is 0. The Balaban J connectivity index is 2.08. The number of nitrogens with two attached hydrogens (primary N) is 1. The van der Waals surface area contributed by atoms with Crippen LogP contribution in [-0.4, -0.2) is 42.6 Å². The van der Waals surface area contributed by atoms with Crippen LogP contribution in [0.15, 0.2) is 0 Å². The van der Waals surface area contributed by atoms with Gasteiger partial charge in [-0.3, -0.25) is 9.69 Å². The SMILES string of the molecule is CCOC(=O)[C@@H](CN)[C@]1(N2CCCC2)C[C@@H]2CC[C@]1(C)C2(C)C. The third-order valence-corrected chi connectivity index (χ3v) is 8.00. The molecule has 3 rings (SSSR count). The monoisotopic (exact) mass is 322 g/mol. The van der Waals surface area contributed by atoms with E-state index >= 15 is 0 Å². The quantitative estimate of drug-likeness (QED) is 0.791. The molecule has 2 saturated carbocycles. The fraction of sp³-hybridized carbons (Fsp3) is 0.947. The summed E-state index contributed by atoms with van der Waals surface area (Å²) in [4.78, 5) is 15.5. The van der Waals surface area contributed by atoms with Gasteiger partial charge in [0.15, 0.2) is 0 Å². The van der Waals surface area contributed by atoms with Gasteiger partial charge in [0, 0.05) is 12.1 Å². The Morgan fingerprint density at radius 2 is 1.96 bits per heavy atom. The van der Waals surface area contributed by atoms with Crippen LogP contribution in [-0.2, 0) is 9.53 Å². The number of carbonyl (C=O) groups excluding carboxylic acids is 1. The van der Waals surface area contributed by atoms with Gasteiger partial charge < -0.3 is 10.5 Å². The highest BCUT2D eigenvalue weighted by Crippen LogP contribution is 2.73. The number of fused-ring (bicyclic) bond motifs is 2. The summed E-state index contributed by atoms with van der Waals surface area (Å²) in [6.07, 6.45) is 6.08. The molecular weight excluding hydrogens is 288 g/mol. The van der Waals surface area contributed by atoms with Crippen LogP contribution >= 0.6 is 0 Å². The highest BCUT2D eigenvalue weighted by atomic mass is 16.5. The lowest BCUT2D eigenvalue weighted by Gasteiger charge is -2.56. The number of hydrogen-bond acceptors (Lipinski definition) is 4. The smallest absolute Gasteiger partial charge is 0.312 e. The first kappa shape index (κ1) is 17.2. The topological polar surface area (TPSA) is 55.6 Å². The normalized spacial score (nSPS) is 40.5. The van der Waals surface area contributed by atoms with Crippen LogP contribution < -0.4 is 5.73 Å². The highest BCUT2D eigenvalue weighted by Gasteiger charge is 2.73. The Kier molecular flexibility index (Phi) is 4.29. The fourth-order valence-corrected chi connectivity index (χ4v) is 6.40. The third-order valence-electron chi connectivity index (χ3n) is 8.00. The Morgan fingerprint density at radius 3 is 2.39 bits per heavy atom. The minimum Gasteiger partial charge on any atom is -0.466 e. The molecule has 3 aliphatic rings. The molecular formula is C19H34N2O2. The van der Waals surface area contributed by atoms with Crippen molar-refractivity contribution >= 4 is 5.97 Å². The van der Waals surface area contributed by atoms with E-state index < -0.39 is 0 Å². The Labute approximate surface area is 141 Å². The second-order valence-corrected chi connectivity index (χ2v) is 8.65. The summed E-state index contributed by atoms with van der Waals surface area (Å²) < 4.78 is 5.47. The maximum atomic E-state index is 12.8. The van der Waals surface area contributed by atoms with Gasteiger partial charge in [-0.05, 0) is 68.9 Å². The molecule has 4 nitrogen and oxygen atoms in total. The lowest BCUT2D eigenvalue weighted by atomic mass is 9.57. The number of ether oxygens (including phenoxy) is 1. The van der Waals surface area contributed by atoms with Gasteiger partial charge in [0.1, 0.15) is 0 Å². The third kappa shape index (κ3) is 2.07. The van der Waals surface area contributed by atoms with Crippen LogP contribution in [0.4, 0.5) is 0 Å². The molecule has 1 aliphatic heterocycles. The number of hydrogen-bond donors (Lipinski definition) is 1. The summed E-state index contributed by atoms with van der Waals surface area (Å²) in [6, 6.07) is 0. The van der Waals surface area contributed by atoms with Crippen LogP contribution in [0.2, 0.25) is 0 Å². The van der Waals surface area contributed by atoms with Crippen LogP contribution in [0.5, 0.6) is 0 Å². The summed E-state index contributed by atoms with van der Waals surface area (Å²) in [5.74, 6) is 0.415. The van der Waals surface area contributed by atoms with Crippen molar-refractivity contribution in [3.05, 3.63) is 0 Å². The predicted molar refractivity (Wildman–Crippen MR) is 91.9 cm³/mol. The molecule has 2 N–H and O–H groups in total. The maximum Gasteiger partial charge on any atom is 0.312 e. The molecule has 0 spiro atoms. The van der Waals surface area contributed by atoms with Crippen molar-refractivity contribution < 1.29 is 9.53 Å². The molecule has 132 valence electrons. The van der Waals surface area contributed by atoms with E-state index in [0.29, 0.717) is 19.1 Å². The molecule has 1 saturated heterocycles. The van der Waals surface area contributed by atoms with Crippen LogP contribution in [0.25, 0.3) is 0 Å². The zero-order valence-corrected chi connectivity index (χ0v) is 15.4. The van der Waals surface area contributed by atoms with Crippen molar-refractivity contribution in [3.8, 4) is 0 Å². The minimum atomic E-state index is -0.199. The van der Waals surface area contributed by atoms with Crippen molar-refractivity contribution in [2.24, 2.45) is 28.4 Å². The Morgan fingerprint density at radius 1 is 1.30 bits per heavy atom. The number of likely N-dealkylation sites (tertiary alicyclic amines) is 1. The summed E-state index contributed by atoms with van der Waals surface area (Å²) >= 11 is 0. The van der Waals surface area contributed by atoms with E-state index in [1.165, 1.54) is 25.7 Å². The average molecular weight is 322 g/mol. The van der Waals surface area contributed by atoms with Gasteiger partial charge in [-0.2, -0.15) is 0 Å². The maximum absolute atomic E-state index is 12.8. The number of nitrogens with zero attached hydrogens (tertiary/aromatic N) is 1. The standard InChI is InChI=1S/C19H34N2O2/c1-5-23-16(22)15(13-20)19(21-10-6-7-11-21)12-14-8-9-18(19,4)17(14,2)3/h14-15H,5-13,20H2,1-4H3/t14-,15+,18+,19+/m0/s1. The Hall–Kier alpha value is -0.610. The fourth-order valence-electron chi connectivity index (χ4n) is 6.40. The van der Waals surface area contributed by atoms with Gasteiger partial charge in [-0.1, -0.05) is 20.8 Å². The minimum absolute atomic E-state index is 0.0773. The van der Waals surface area contributed by atoms with E-state index in [0.717, 1.165) is 19.5 Å². The molecule has 3 fully saturated rings. The number of esters is 1. The van der Waals surface area contributed by atoms with Gasteiger partial charge in [0.05, 0.1) is 12.5 Å². The lowest BCUT2D eigenvalue weighted by molar-refractivity contribution is -0.161. The van der Waals surface area contributed by atoms with Gasteiger partial charge in [0.2, 0.25) is 0 Å². The molecule has 4 heteroatoms. The predicted octanol–water partition coefficient (Wildman–Crippen LogP) is 2.81. The Bertz CT molecular complexity index is 472. The molecule has 0 unspecified atom stereocenters. The van der Waals surface area contributed by atoms with Gasteiger partial charge >= 0.3 is 5.97 Å². The average Bonchev–Trinajstić information content (AvgIpc) is 3.14. The molecule has 23 heavy (non-hydrogen) atoms. The van der Waals surface area contributed by atoms with E-state index in [1.807, 2.05) is 6.92 Å². The van der Waals surface area contributed by atoms with Crippen LogP contribution in [0.3, 0.4) is 0 Å². The second-order valence-electron chi connectivity index (χ2n) is 8.65. The lowest BCUT2D eigenvalue weighted by Crippen LogP contribution is -2.65. The second kappa shape index (κ2) is 5.73. The first-order valence-electron chi connectivity index (χ1n) is 9.47. The van der Waals surface area contributed by atoms with Crippen molar-refractivity contribution in [1.29, 1.82) is 0 Å². The first-order chi connectivity index (χ1) is 10.8. The molecule has 2 bridgehead atoms. The summed E-state index contributed by atoms with van der Waals surface area (Å²) in [6.45, 7) is 12.2.